The van der Waals surface area contributed by atoms with E-state index in [1.165, 1.54) is 33.4 Å². The molecule has 1 heteroatoms. The third-order valence-corrected chi connectivity index (χ3v) is 5.91. The number of fused-ring (bicyclic) bond motifs is 3. The minimum atomic E-state index is -0.408. The van der Waals surface area contributed by atoms with Crippen molar-refractivity contribution in [1.29, 1.82) is 0 Å². The molecule has 0 spiro atoms. The molecule has 3 rings (SSSR count). The first-order valence-corrected chi connectivity index (χ1v) is 10.8. The Morgan fingerprint density at radius 3 is 2.22 bits per heavy atom. The third-order valence-electron chi connectivity index (χ3n) is 5.55. The van der Waals surface area contributed by atoms with Crippen LogP contribution in [0.2, 0.25) is 0 Å². The molecule has 0 nitrogen and oxygen atoms in total. The zero-order valence-electron chi connectivity index (χ0n) is 16.5. The van der Waals surface area contributed by atoms with E-state index in [1.807, 2.05) is 0 Å². The van der Waals surface area contributed by atoms with Crippen molar-refractivity contribution < 1.29 is 0 Å². The van der Waals surface area contributed by atoms with Crippen LogP contribution in [0.25, 0.3) is 11.1 Å². The number of hydrogen-bond donors (Lipinski definition) is 0. The first-order chi connectivity index (χ1) is 13.0. The van der Waals surface area contributed by atoms with Crippen molar-refractivity contribution in [3.63, 3.8) is 0 Å². The van der Waals surface area contributed by atoms with E-state index in [4.69, 9.17) is 0 Å². The Balaban J connectivity index is 2.44. The standard InChI is InChI=1S/C26H27I/c1-6-8-9-19(4)26(20(5)14-15-27)24-16-18(3)10-12-22(24)23-13-11-21(7-2)17-25(23)26/h8-17H,4-7H2,1-3H3/b9-8+,15-14+. The maximum absolute atomic E-state index is 4.55. The minimum Gasteiger partial charge on any atom is -0.0942 e. The van der Waals surface area contributed by atoms with Gasteiger partial charge in [-0.3, -0.25) is 0 Å². The largest absolute Gasteiger partial charge is 0.0942 e. The van der Waals surface area contributed by atoms with Crippen LogP contribution in [-0.2, 0) is 11.8 Å². The summed E-state index contributed by atoms with van der Waals surface area (Å²) in [5, 5.41) is 0. The van der Waals surface area contributed by atoms with Gasteiger partial charge >= 0.3 is 0 Å². The average Bonchev–Trinajstić information content (AvgIpc) is 2.95. The quantitative estimate of drug-likeness (QED) is 0.300. The Morgan fingerprint density at radius 2 is 1.59 bits per heavy atom. The van der Waals surface area contributed by atoms with Gasteiger partial charge in [0.2, 0.25) is 0 Å². The monoisotopic (exact) mass is 466 g/mol. The van der Waals surface area contributed by atoms with Crippen molar-refractivity contribution in [2.45, 2.75) is 39.0 Å². The molecule has 0 heterocycles. The molecule has 0 radical (unpaired) electrons. The highest BCUT2D eigenvalue weighted by atomic mass is 127. The van der Waals surface area contributed by atoms with Crippen LogP contribution in [0.4, 0.5) is 0 Å². The number of halogens is 1. The van der Waals surface area contributed by atoms with E-state index in [-0.39, 0.29) is 0 Å². The molecule has 27 heavy (non-hydrogen) atoms. The summed E-state index contributed by atoms with van der Waals surface area (Å²) in [5.74, 6) is 0. The van der Waals surface area contributed by atoms with Crippen molar-refractivity contribution in [1.82, 2.24) is 0 Å². The molecule has 0 saturated heterocycles. The lowest BCUT2D eigenvalue weighted by Gasteiger charge is -2.34. The van der Waals surface area contributed by atoms with Gasteiger partial charge in [0.15, 0.2) is 0 Å². The predicted molar refractivity (Wildman–Crippen MR) is 128 cm³/mol. The summed E-state index contributed by atoms with van der Waals surface area (Å²) in [5.41, 5.74) is 9.58. The topological polar surface area (TPSA) is 0 Å². The highest BCUT2D eigenvalue weighted by molar-refractivity contribution is 14.1. The van der Waals surface area contributed by atoms with E-state index in [2.05, 4.69) is 115 Å². The number of aryl methyl sites for hydroxylation is 2. The van der Waals surface area contributed by atoms with Crippen molar-refractivity contribution in [3.05, 3.63) is 105 Å². The van der Waals surface area contributed by atoms with Gasteiger partial charge in [-0.15, -0.1) is 0 Å². The van der Waals surface area contributed by atoms with E-state index in [1.54, 1.807) is 0 Å². The zero-order chi connectivity index (χ0) is 19.6. The van der Waals surface area contributed by atoms with E-state index in [0.717, 1.165) is 24.0 Å². The average molecular weight is 466 g/mol. The summed E-state index contributed by atoms with van der Waals surface area (Å²) >= 11 is 2.28. The molecule has 2 aromatic rings. The van der Waals surface area contributed by atoms with Gasteiger partial charge in [0.05, 0.1) is 5.41 Å². The molecule has 0 aromatic heterocycles. The van der Waals surface area contributed by atoms with E-state index < -0.39 is 5.41 Å². The molecule has 0 saturated carbocycles. The van der Waals surface area contributed by atoms with Gasteiger partial charge in [0.25, 0.3) is 0 Å². The normalized spacial score (nSPS) is 18.1. The molecular weight excluding hydrogens is 439 g/mol. The zero-order valence-corrected chi connectivity index (χ0v) is 18.6. The molecule has 1 atom stereocenters. The minimum absolute atomic E-state index is 0.408. The second-order valence-corrected chi connectivity index (χ2v) is 7.91. The number of hydrogen-bond acceptors (Lipinski definition) is 0. The second kappa shape index (κ2) is 8.02. The van der Waals surface area contributed by atoms with Crippen molar-refractivity contribution in [3.8, 4) is 11.1 Å². The Hall–Kier alpha value is -1.87. The summed E-state index contributed by atoms with van der Waals surface area (Å²) < 4.78 is 2.05. The van der Waals surface area contributed by atoms with Crippen LogP contribution in [0.3, 0.4) is 0 Å². The van der Waals surface area contributed by atoms with E-state index in [9.17, 15) is 0 Å². The summed E-state index contributed by atoms with van der Waals surface area (Å²) in [7, 11) is 0. The van der Waals surface area contributed by atoms with Gasteiger partial charge in [0.1, 0.15) is 0 Å². The molecule has 0 fully saturated rings. The van der Waals surface area contributed by atoms with Gasteiger partial charge < -0.3 is 0 Å². The lowest BCUT2D eigenvalue weighted by atomic mass is 9.67. The molecule has 0 aliphatic heterocycles. The van der Waals surface area contributed by atoms with Gasteiger partial charge in [-0.2, -0.15) is 0 Å². The lowest BCUT2D eigenvalue weighted by Crippen LogP contribution is -2.28. The van der Waals surface area contributed by atoms with Gasteiger partial charge in [-0.05, 0) is 62.8 Å². The molecule has 1 aliphatic carbocycles. The molecule has 0 bridgehead atoms. The predicted octanol–water partition coefficient (Wildman–Crippen LogP) is 7.85. The maximum Gasteiger partial charge on any atom is 0.0702 e. The van der Waals surface area contributed by atoms with Crippen LogP contribution in [0.15, 0.2) is 83.0 Å². The van der Waals surface area contributed by atoms with Crippen LogP contribution < -0.4 is 0 Å². The summed E-state index contributed by atoms with van der Waals surface area (Å²) in [6, 6.07) is 13.7. The summed E-state index contributed by atoms with van der Waals surface area (Å²) in [4.78, 5) is 0. The van der Waals surface area contributed by atoms with Crippen molar-refractivity contribution in [2.24, 2.45) is 0 Å². The lowest BCUT2D eigenvalue weighted by molar-refractivity contribution is 0.768. The van der Waals surface area contributed by atoms with Gasteiger partial charge in [0, 0.05) is 0 Å². The Bertz CT molecular complexity index is 958. The summed E-state index contributed by atoms with van der Waals surface area (Å²) in [6.45, 7) is 15.6. The highest BCUT2D eigenvalue weighted by Crippen LogP contribution is 2.56. The van der Waals surface area contributed by atoms with E-state index >= 15 is 0 Å². The molecule has 138 valence electrons. The van der Waals surface area contributed by atoms with Gasteiger partial charge in [-0.1, -0.05) is 110 Å². The highest BCUT2D eigenvalue weighted by Gasteiger charge is 2.46. The SMILES string of the molecule is C=C(/C=C/I)C1(C(=C)/C=C/CC)c2cc(C)ccc2-c2ccc(CC)cc21. The maximum atomic E-state index is 4.55. The van der Waals surface area contributed by atoms with Crippen LogP contribution >= 0.6 is 22.6 Å². The molecule has 0 amide bonds. The van der Waals surface area contributed by atoms with Gasteiger partial charge in [-0.25, -0.2) is 0 Å². The van der Waals surface area contributed by atoms with E-state index in [0.29, 0.717) is 0 Å². The van der Waals surface area contributed by atoms with Crippen molar-refractivity contribution in [2.75, 3.05) is 0 Å². The molecule has 2 aromatic carbocycles. The first-order valence-electron chi connectivity index (χ1n) is 9.57. The Morgan fingerprint density at radius 1 is 0.963 bits per heavy atom. The first kappa shape index (κ1) is 19.9. The Labute approximate surface area is 177 Å². The Kier molecular flexibility index (Phi) is 5.90. The number of benzene rings is 2. The second-order valence-electron chi connectivity index (χ2n) is 7.19. The smallest absolute Gasteiger partial charge is 0.0702 e. The van der Waals surface area contributed by atoms with Crippen LogP contribution in [0.1, 0.15) is 42.5 Å². The fourth-order valence-electron chi connectivity index (χ4n) is 4.19. The number of allylic oxidation sites excluding steroid dienone is 5. The van der Waals surface area contributed by atoms with Crippen LogP contribution in [0, 0.1) is 6.92 Å². The van der Waals surface area contributed by atoms with Crippen LogP contribution in [0.5, 0.6) is 0 Å². The fourth-order valence-corrected chi connectivity index (χ4v) is 4.62. The molecule has 0 N–H and O–H groups in total. The summed E-state index contributed by atoms with van der Waals surface area (Å²) in [6.07, 6.45) is 8.52. The molecule has 1 aliphatic rings. The molecular formula is C26H27I. The fraction of sp³-hybridized carbons (Fsp3) is 0.231. The number of rotatable bonds is 6. The van der Waals surface area contributed by atoms with Crippen LogP contribution in [-0.4, -0.2) is 0 Å². The molecule has 1 unspecified atom stereocenters. The third kappa shape index (κ3) is 3.16. The van der Waals surface area contributed by atoms with Crippen molar-refractivity contribution >= 4 is 22.6 Å².